The minimum absolute atomic E-state index is 0.00622. The van der Waals surface area contributed by atoms with Gasteiger partial charge in [-0.2, -0.15) is 12.7 Å². The van der Waals surface area contributed by atoms with E-state index in [1.165, 1.54) is 38.4 Å². The van der Waals surface area contributed by atoms with Gasteiger partial charge in [0.1, 0.15) is 5.82 Å². The number of nitrogens with one attached hydrogen (secondary N) is 1. The standard InChI is InChI=1S/C23H28ClFN4O3S/c1-17-15-28(16-18-4-9-21(25)10-5-18)12-13-29(17)23(30)11-7-19-6-8-20(24)14-22(19)26-33(31,32)27(2)3/h4-11,14,17,26H,12-13,15-16H2,1-3H3/t17-/m1/s1. The average Bonchev–Trinajstić information content (AvgIpc) is 2.74. The topological polar surface area (TPSA) is 73.0 Å². The highest BCUT2D eigenvalue weighted by molar-refractivity contribution is 7.90. The summed E-state index contributed by atoms with van der Waals surface area (Å²) in [5.74, 6) is -0.409. The van der Waals surface area contributed by atoms with Gasteiger partial charge in [0, 0.05) is 57.4 Å². The molecular weight excluding hydrogens is 467 g/mol. The Hall–Kier alpha value is -2.46. The molecule has 10 heteroatoms. The van der Waals surface area contributed by atoms with Crippen molar-refractivity contribution < 1.29 is 17.6 Å². The van der Waals surface area contributed by atoms with E-state index in [0.717, 1.165) is 9.87 Å². The summed E-state index contributed by atoms with van der Waals surface area (Å²) < 4.78 is 41.1. The Morgan fingerprint density at radius 2 is 1.91 bits per heavy atom. The molecule has 2 aromatic rings. The van der Waals surface area contributed by atoms with Gasteiger partial charge in [-0.25, -0.2) is 4.39 Å². The van der Waals surface area contributed by atoms with Gasteiger partial charge in [-0.15, -0.1) is 0 Å². The van der Waals surface area contributed by atoms with E-state index in [1.54, 1.807) is 35.2 Å². The van der Waals surface area contributed by atoms with E-state index in [0.29, 0.717) is 36.8 Å². The molecular formula is C23H28ClFN4O3S. The summed E-state index contributed by atoms with van der Waals surface area (Å²) in [5.41, 5.74) is 1.84. The molecule has 1 amide bonds. The maximum absolute atomic E-state index is 13.1. The number of piperazine rings is 1. The highest BCUT2D eigenvalue weighted by Crippen LogP contribution is 2.24. The van der Waals surface area contributed by atoms with Crippen molar-refractivity contribution >= 4 is 39.5 Å². The first-order valence-electron chi connectivity index (χ1n) is 10.5. The number of halogens is 2. The van der Waals surface area contributed by atoms with Crippen molar-refractivity contribution in [3.63, 3.8) is 0 Å². The summed E-state index contributed by atoms with van der Waals surface area (Å²) in [6.07, 6.45) is 3.03. The third-order valence-corrected chi connectivity index (χ3v) is 7.13. The average molecular weight is 495 g/mol. The van der Waals surface area contributed by atoms with Crippen molar-refractivity contribution in [2.45, 2.75) is 19.5 Å². The second-order valence-corrected chi connectivity index (χ2v) is 10.5. The van der Waals surface area contributed by atoms with Gasteiger partial charge in [0.05, 0.1) is 5.69 Å². The lowest BCUT2D eigenvalue weighted by Crippen LogP contribution is -2.53. The molecule has 178 valence electrons. The first-order valence-corrected chi connectivity index (χ1v) is 12.3. The molecule has 0 aromatic heterocycles. The number of nitrogens with zero attached hydrogens (tertiary/aromatic N) is 3. The zero-order valence-corrected chi connectivity index (χ0v) is 20.4. The lowest BCUT2D eigenvalue weighted by molar-refractivity contribution is -0.130. The zero-order valence-electron chi connectivity index (χ0n) is 18.8. The van der Waals surface area contributed by atoms with Crippen molar-refractivity contribution in [1.29, 1.82) is 0 Å². The molecule has 0 unspecified atom stereocenters. The molecule has 2 aromatic carbocycles. The maximum atomic E-state index is 13.1. The maximum Gasteiger partial charge on any atom is 0.301 e. The smallest absolute Gasteiger partial charge is 0.301 e. The third-order valence-electron chi connectivity index (χ3n) is 5.45. The highest BCUT2D eigenvalue weighted by Gasteiger charge is 2.26. The van der Waals surface area contributed by atoms with E-state index in [2.05, 4.69) is 9.62 Å². The lowest BCUT2D eigenvalue weighted by Gasteiger charge is -2.39. The fourth-order valence-corrected chi connectivity index (χ4v) is 4.41. The van der Waals surface area contributed by atoms with Gasteiger partial charge in [-0.05, 0) is 48.4 Å². The van der Waals surface area contributed by atoms with Crippen LogP contribution in [0.1, 0.15) is 18.1 Å². The minimum atomic E-state index is -3.72. The van der Waals surface area contributed by atoms with Crippen LogP contribution in [0.25, 0.3) is 6.08 Å². The van der Waals surface area contributed by atoms with Gasteiger partial charge in [0.15, 0.2) is 0 Å². The molecule has 0 saturated carbocycles. The number of anilines is 1. The molecule has 1 heterocycles. The summed E-state index contributed by atoms with van der Waals surface area (Å²) >= 11 is 6.04. The summed E-state index contributed by atoms with van der Waals surface area (Å²) in [5, 5.41) is 0.376. The van der Waals surface area contributed by atoms with Crippen LogP contribution in [-0.2, 0) is 21.5 Å². The van der Waals surface area contributed by atoms with Crippen LogP contribution in [0.3, 0.4) is 0 Å². The Morgan fingerprint density at radius 1 is 1.21 bits per heavy atom. The van der Waals surface area contributed by atoms with E-state index >= 15 is 0 Å². The summed E-state index contributed by atoms with van der Waals surface area (Å²) in [6, 6.07) is 11.2. The Balaban J connectivity index is 1.65. The quantitative estimate of drug-likeness (QED) is 0.598. The van der Waals surface area contributed by atoms with Gasteiger partial charge in [0.25, 0.3) is 0 Å². The largest absolute Gasteiger partial charge is 0.334 e. The number of benzene rings is 2. The SMILES string of the molecule is C[C@@H]1CN(Cc2ccc(F)cc2)CCN1C(=O)C=Cc1ccc(Cl)cc1NS(=O)(=O)N(C)C. The number of rotatable bonds is 7. The molecule has 1 aliphatic heterocycles. The number of hydrogen-bond acceptors (Lipinski definition) is 4. The van der Waals surface area contributed by atoms with Gasteiger partial charge in [-0.1, -0.05) is 29.8 Å². The van der Waals surface area contributed by atoms with Crippen LogP contribution >= 0.6 is 11.6 Å². The molecule has 0 spiro atoms. The Bertz CT molecular complexity index is 1120. The monoisotopic (exact) mass is 494 g/mol. The van der Waals surface area contributed by atoms with Crippen LogP contribution in [0.4, 0.5) is 10.1 Å². The normalized spacial score (nSPS) is 17.6. The Labute approximate surface area is 199 Å². The molecule has 33 heavy (non-hydrogen) atoms. The van der Waals surface area contributed by atoms with Gasteiger partial charge in [0.2, 0.25) is 5.91 Å². The fraction of sp³-hybridized carbons (Fsp3) is 0.348. The van der Waals surface area contributed by atoms with Gasteiger partial charge < -0.3 is 4.90 Å². The molecule has 0 radical (unpaired) electrons. The van der Waals surface area contributed by atoms with Crippen molar-refractivity contribution in [2.75, 3.05) is 38.5 Å². The van der Waals surface area contributed by atoms with Crippen LogP contribution in [0.15, 0.2) is 48.5 Å². The molecule has 1 saturated heterocycles. The van der Waals surface area contributed by atoms with Gasteiger partial charge in [-0.3, -0.25) is 14.4 Å². The molecule has 0 aliphatic carbocycles. The van der Waals surface area contributed by atoms with Crippen molar-refractivity contribution in [3.8, 4) is 0 Å². The molecule has 1 atom stereocenters. The molecule has 3 rings (SSSR count). The van der Waals surface area contributed by atoms with Crippen molar-refractivity contribution in [1.82, 2.24) is 14.1 Å². The fourth-order valence-electron chi connectivity index (χ4n) is 3.60. The second-order valence-electron chi connectivity index (χ2n) is 8.20. The second kappa shape index (κ2) is 10.6. The molecule has 7 nitrogen and oxygen atoms in total. The van der Waals surface area contributed by atoms with Crippen LogP contribution in [0.2, 0.25) is 5.02 Å². The number of amides is 1. The highest BCUT2D eigenvalue weighted by atomic mass is 35.5. The molecule has 1 aliphatic rings. The van der Waals surface area contributed by atoms with Crippen LogP contribution in [0.5, 0.6) is 0 Å². The molecule has 0 bridgehead atoms. The van der Waals surface area contributed by atoms with E-state index in [1.807, 2.05) is 6.92 Å². The minimum Gasteiger partial charge on any atom is -0.334 e. The van der Waals surface area contributed by atoms with Crippen LogP contribution in [0, 0.1) is 5.82 Å². The van der Waals surface area contributed by atoms with E-state index in [4.69, 9.17) is 11.6 Å². The summed E-state index contributed by atoms with van der Waals surface area (Å²) in [4.78, 5) is 16.9. The molecule has 1 N–H and O–H groups in total. The van der Waals surface area contributed by atoms with Crippen LogP contribution in [-0.4, -0.2) is 68.2 Å². The summed E-state index contributed by atoms with van der Waals surface area (Å²) in [6.45, 7) is 4.65. The Kier molecular flexibility index (Phi) is 8.12. The van der Waals surface area contributed by atoms with Crippen molar-refractivity contribution in [2.24, 2.45) is 0 Å². The predicted octanol–water partition coefficient (Wildman–Crippen LogP) is 3.44. The van der Waals surface area contributed by atoms with Crippen LogP contribution < -0.4 is 4.72 Å². The molecule has 1 fully saturated rings. The number of hydrogen-bond donors (Lipinski definition) is 1. The van der Waals surface area contributed by atoms with E-state index < -0.39 is 10.2 Å². The van der Waals surface area contributed by atoms with Crippen molar-refractivity contribution in [3.05, 3.63) is 70.5 Å². The number of carbonyl (C=O) groups excluding carboxylic acids is 1. The number of carbonyl (C=O) groups is 1. The van der Waals surface area contributed by atoms with E-state index in [9.17, 15) is 17.6 Å². The first kappa shape index (κ1) is 25.2. The lowest BCUT2D eigenvalue weighted by atomic mass is 10.1. The van der Waals surface area contributed by atoms with Gasteiger partial charge >= 0.3 is 10.2 Å². The summed E-state index contributed by atoms with van der Waals surface area (Å²) in [7, 11) is -0.884. The van der Waals surface area contributed by atoms with E-state index in [-0.39, 0.29) is 23.5 Å². The zero-order chi connectivity index (χ0) is 24.2. The first-order chi connectivity index (χ1) is 15.5. The Morgan fingerprint density at radius 3 is 2.55 bits per heavy atom. The predicted molar refractivity (Wildman–Crippen MR) is 130 cm³/mol. The third kappa shape index (κ3) is 6.77.